The molecule has 0 saturated heterocycles. The molecule has 128 valence electrons. The highest BCUT2D eigenvalue weighted by atomic mass is 35.5. The predicted octanol–water partition coefficient (Wildman–Crippen LogP) is 1.42. The number of nitrogens with one attached hydrogen (secondary N) is 1. The molecule has 1 rings (SSSR count). The Kier molecular flexibility index (Phi) is 6.99. The van der Waals surface area contributed by atoms with Gasteiger partial charge in [0.2, 0.25) is 15.9 Å². The number of nitrogens with zero attached hydrogens (tertiary/aromatic N) is 1. The first-order valence-electron chi connectivity index (χ1n) is 6.85. The van der Waals surface area contributed by atoms with E-state index in [0.717, 1.165) is 0 Å². The summed E-state index contributed by atoms with van der Waals surface area (Å²) >= 11 is 6.09. The lowest BCUT2D eigenvalue weighted by Crippen LogP contribution is -2.38. The monoisotopic (exact) mass is 362 g/mol. The number of hydrogen-bond donors (Lipinski definition) is 1. The minimum Gasteiger partial charge on any atom is -0.465 e. The van der Waals surface area contributed by atoms with Gasteiger partial charge in [-0.05, 0) is 25.1 Å². The summed E-state index contributed by atoms with van der Waals surface area (Å²) in [5.41, 5.74) is 0.560. The van der Waals surface area contributed by atoms with Crippen molar-refractivity contribution in [1.29, 1.82) is 0 Å². The van der Waals surface area contributed by atoms with Crippen LogP contribution in [0, 0.1) is 0 Å². The maximum Gasteiger partial charge on any atom is 0.337 e. The van der Waals surface area contributed by atoms with Crippen molar-refractivity contribution in [1.82, 2.24) is 4.72 Å². The van der Waals surface area contributed by atoms with Gasteiger partial charge in [0.05, 0.1) is 29.1 Å². The minimum atomic E-state index is -3.35. The average molecular weight is 363 g/mol. The Labute approximate surface area is 140 Å². The molecular weight excluding hydrogens is 344 g/mol. The largest absolute Gasteiger partial charge is 0.465 e. The van der Waals surface area contributed by atoms with Crippen molar-refractivity contribution in [3.8, 4) is 0 Å². The van der Waals surface area contributed by atoms with E-state index in [1.807, 2.05) is 0 Å². The molecule has 0 aromatic heterocycles. The molecule has 0 radical (unpaired) electrons. The van der Waals surface area contributed by atoms with Crippen molar-refractivity contribution in [3.05, 3.63) is 28.8 Å². The van der Waals surface area contributed by atoms with Gasteiger partial charge in [0.1, 0.15) is 0 Å². The van der Waals surface area contributed by atoms with Gasteiger partial charge in [-0.25, -0.2) is 17.9 Å². The van der Waals surface area contributed by atoms with E-state index in [1.165, 1.54) is 44.1 Å². The van der Waals surface area contributed by atoms with E-state index in [4.69, 9.17) is 11.6 Å². The first kappa shape index (κ1) is 19.4. The van der Waals surface area contributed by atoms with Gasteiger partial charge >= 0.3 is 5.97 Å². The molecule has 0 aliphatic heterocycles. The molecule has 1 N–H and O–H groups in total. The van der Waals surface area contributed by atoms with Crippen molar-refractivity contribution in [2.24, 2.45) is 0 Å². The molecule has 0 spiro atoms. The third kappa shape index (κ3) is 5.49. The fraction of sp³-hybridized carbons (Fsp3) is 0.429. The van der Waals surface area contributed by atoms with E-state index >= 15 is 0 Å². The molecule has 1 aromatic rings. The molecule has 0 unspecified atom stereocenters. The lowest BCUT2D eigenvalue weighted by atomic mass is 10.2. The first-order chi connectivity index (χ1) is 10.7. The molecule has 7 nitrogen and oxygen atoms in total. The Balaban J connectivity index is 3.01. The molecule has 0 fully saturated rings. The second kappa shape index (κ2) is 8.28. The molecule has 0 aliphatic rings. The van der Waals surface area contributed by atoms with E-state index in [-0.39, 0.29) is 35.3 Å². The third-order valence-corrected chi connectivity index (χ3v) is 4.80. The summed E-state index contributed by atoms with van der Waals surface area (Å²) < 4.78 is 29.9. The highest BCUT2D eigenvalue weighted by molar-refractivity contribution is 7.89. The van der Waals surface area contributed by atoms with Crippen LogP contribution in [-0.2, 0) is 19.6 Å². The summed E-state index contributed by atoms with van der Waals surface area (Å²) in [6.07, 6.45) is 0. The number of amides is 1. The van der Waals surface area contributed by atoms with Gasteiger partial charge in [-0.2, -0.15) is 0 Å². The number of halogens is 1. The van der Waals surface area contributed by atoms with E-state index in [0.29, 0.717) is 5.69 Å². The summed E-state index contributed by atoms with van der Waals surface area (Å²) in [7, 11) is -2.10. The van der Waals surface area contributed by atoms with Crippen LogP contribution in [0.25, 0.3) is 0 Å². The Bertz CT molecular complexity index is 690. The van der Waals surface area contributed by atoms with Crippen molar-refractivity contribution in [3.63, 3.8) is 0 Å². The van der Waals surface area contributed by atoms with Crippen LogP contribution < -0.4 is 9.62 Å². The van der Waals surface area contributed by atoms with Crippen LogP contribution in [-0.4, -0.2) is 46.2 Å². The fourth-order valence-corrected chi connectivity index (χ4v) is 2.65. The number of methoxy groups -OCH3 is 1. The van der Waals surface area contributed by atoms with Crippen molar-refractivity contribution >= 4 is 39.2 Å². The van der Waals surface area contributed by atoms with Crippen LogP contribution in [0.15, 0.2) is 18.2 Å². The van der Waals surface area contributed by atoms with Crippen LogP contribution in [0.1, 0.15) is 24.2 Å². The molecule has 9 heteroatoms. The zero-order valence-corrected chi connectivity index (χ0v) is 14.7. The van der Waals surface area contributed by atoms with Gasteiger partial charge in [0, 0.05) is 20.0 Å². The molecule has 1 amide bonds. The van der Waals surface area contributed by atoms with Crippen LogP contribution in [0.4, 0.5) is 5.69 Å². The standard InChI is InChI=1S/C14H19ClN2O5S/c1-4-23(20,21)16-7-8-17(10(2)18)13-9-11(14(19)22-3)5-6-12(13)15/h5-6,9,16H,4,7-8H2,1-3H3. The molecule has 0 atom stereocenters. The molecule has 0 aliphatic carbocycles. The zero-order valence-electron chi connectivity index (χ0n) is 13.1. The Hall–Kier alpha value is -1.64. The lowest BCUT2D eigenvalue weighted by molar-refractivity contribution is -0.116. The Morgan fingerprint density at radius 2 is 2.00 bits per heavy atom. The maximum absolute atomic E-state index is 11.8. The molecule has 1 aromatic carbocycles. The number of esters is 1. The summed E-state index contributed by atoms with van der Waals surface area (Å²) in [6, 6.07) is 4.40. The number of hydrogen-bond acceptors (Lipinski definition) is 5. The van der Waals surface area contributed by atoms with Crippen molar-refractivity contribution < 1.29 is 22.7 Å². The fourth-order valence-electron chi connectivity index (χ4n) is 1.83. The van der Waals surface area contributed by atoms with E-state index in [9.17, 15) is 18.0 Å². The predicted molar refractivity (Wildman–Crippen MR) is 88.3 cm³/mol. The SMILES string of the molecule is CCS(=O)(=O)NCCN(C(C)=O)c1cc(C(=O)OC)ccc1Cl. The highest BCUT2D eigenvalue weighted by Crippen LogP contribution is 2.27. The van der Waals surface area contributed by atoms with Gasteiger partial charge in [-0.1, -0.05) is 11.6 Å². The molecule has 0 heterocycles. The number of anilines is 1. The van der Waals surface area contributed by atoms with Gasteiger partial charge in [0.25, 0.3) is 0 Å². The van der Waals surface area contributed by atoms with E-state index in [2.05, 4.69) is 9.46 Å². The minimum absolute atomic E-state index is 0.0362. The number of rotatable bonds is 7. The van der Waals surface area contributed by atoms with Crippen LogP contribution >= 0.6 is 11.6 Å². The first-order valence-corrected chi connectivity index (χ1v) is 8.88. The van der Waals surface area contributed by atoms with Gasteiger partial charge in [-0.15, -0.1) is 0 Å². The normalized spacial score (nSPS) is 11.1. The van der Waals surface area contributed by atoms with Crippen LogP contribution in [0.3, 0.4) is 0 Å². The topological polar surface area (TPSA) is 92.8 Å². The third-order valence-electron chi connectivity index (χ3n) is 3.08. The van der Waals surface area contributed by atoms with E-state index < -0.39 is 16.0 Å². The number of sulfonamides is 1. The number of ether oxygens (including phenoxy) is 1. The average Bonchev–Trinajstić information content (AvgIpc) is 2.51. The molecule has 0 bridgehead atoms. The van der Waals surface area contributed by atoms with Gasteiger partial charge < -0.3 is 9.64 Å². The molecule has 23 heavy (non-hydrogen) atoms. The van der Waals surface area contributed by atoms with Crippen molar-refractivity contribution in [2.45, 2.75) is 13.8 Å². The zero-order chi connectivity index (χ0) is 17.6. The second-order valence-electron chi connectivity index (χ2n) is 4.63. The van der Waals surface area contributed by atoms with Crippen LogP contribution in [0.2, 0.25) is 5.02 Å². The number of benzene rings is 1. The smallest absolute Gasteiger partial charge is 0.337 e. The molecule has 0 saturated carbocycles. The Morgan fingerprint density at radius 1 is 1.35 bits per heavy atom. The number of carbonyl (C=O) groups is 2. The maximum atomic E-state index is 11.8. The highest BCUT2D eigenvalue weighted by Gasteiger charge is 2.18. The number of carbonyl (C=O) groups excluding carboxylic acids is 2. The quantitative estimate of drug-likeness (QED) is 0.740. The Morgan fingerprint density at radius 3 is 2.52 bits per heavy atom. The second-order valence-corrected chi connectivity index (χ2v) is 7.13. The van der Waals surface area contributed by atoms with E-state index in [1.54, 1.807) is 0 Å². The summed E-state index contributed by atoms with van der Waals surface area (Å²) in [5, 5.41) is 0.270. The summed E-state index contributed by atoms with van der Waals surface area (Å²) in [6.45, 7) is 2.96. The summed E-state index contributed by atoms with van der Waals surface area (Å²) in [4.78, 5) is 24.7. The summed E-state index contributed by atoms with van der Waals surface area (Å²) in [5.74, 6) is -0.936. The van der Waals surface area contributed by atoms with Gasteiger partial charge in [0.15, 0.2) is 0 Å². The molecular formula is C14H19ClN2O5S. The van der Waals surface area contributed by atoms with Crippen molar-refractivity contribution in [2.75, 3.05) is 30.9 Å². The lowest BCUT2D eigenvalue weighted by Gasteiger charge is -2.23. The van der Waals surface area contributed by atoms with Crippen LogP contribution in [0.5, 0.6) is 0 Å². The van der Waals surface area contributed by atoms with Gasteiger partial charge in [-0.3, -0.25) is 4.79 Å².